The lowest BCUT2D eigenvalue weighted by atomic mass is 10.1. The highest BCUT2D eigenvalue weighted by Gasteiger charge is 2.41. The van der Waals surface area contributed by atoms with Gasteiger partial charge in [0.05, 0.1) is 5.56 Å². The first kappa shape index (κ1) is 12.6. The Kier molecular flexibility index (Phi) is 3.11. The molecule has 1 amide bonds. The summed E-state index contributed by atoms with van der Waals surface area (Å²) in [5, 5.41) is 9.07. The monoisotopic (exact) mass is 247 g/mol. The third-order valence-corrected chi connectivity index (χ3v) is 3.65. The number of aromatic carboxylic acids is 1. The van der Waals surface area contributed by atoms with Crippen LogP contribution in [0, 0.1) is 18.8 Å². The molecule has 1 N–H and O–H groups in total. The standard InChI is InChI=1S/C14H17NO3/c1-8-7-11(8)13(16)15(3)12-6-4-5-10(9(12)2)14(17)18/h4-6,8,11H,7H2,1-3H3,(H,17,18). The van der Waals surface area contributed by atoms with E-state index in [0.29, 0.717) is 17.2 Å². The number of hydrogen-bond donors (Lipinski definition) is 1. The smallest absolute Gasteiger partial charge is 0.336 e. The Balaban J connectivity index is 2.30. The van der Waals surface area contributed by atoms with Crippen LogP contribution in [0.5, 0.6) is 0 Å². The summed E-state index contributed by atoms with van der Waals surface area (Å²) in [7, 11) is 1.71. The van der Waals surface area contributed by atoms with Gasteiger partial charge in [0.15, 0.2) is 0 Å². The molecule has 96 valence electrons. The van der Waals surface area contributed by atoms with Crippen molar-refractivity contribution < 1.29 is 14.7 Å². The molecule has 1 aromatic carbocycles. The van der Waals surface area contributed by atoms with Crippen molar-refractivity contribution in [3.8, 4) is 0 Å². The molecule has 0 aromatic heterocycles. The van der Waals surface area contributed by atoms with Crippen LogP contribution >= 0.6 is 0 Å². The number of hydrogen-bond acceptors (Lipinski definition) is 2. The zero-order chi connectivity index (χ0) is 13.4. The maximum atomic E-state index is 12.1. The Hall–Kier alpha value is -1.84. The highest BCUT2D eigenvalue weighted by Crippen LogP contribution is 2.40. The van der Waals surface area contributed by atoms with Crippen molar-refractivity contribution >= 4 is 17.6 Å². The van der Waals surface area contributed by atoms with Crippen molar-refractivity contribution in [2.24, 2.45) is 11.8 Å². The third kappa shape index (κ3) is 2.10. The van der Waals surface area contributed by atoms with Gasteiger partial charge in [-0.25, -0.2) is 4.79 Å². The lowest BCUT2D eigenvalue weighted by molar-refractivity contribution is -0.119. The van der Waals surface area contributed by atoms with E-state index in [4.69, 9.17) is 5.11 Å². The van der Waals surface area contributed by atoms with Crippen molar-refractivity contribution in [1.82, 2.24) is 0 Å². The predicted octanol–water partition coefficient (Wildman–Crippen LogP) is 2.31. The molecular weight excluding hydrogens is 230 g/mol. The van der Waals surface area contributed by atoms with E-state index in [2.05, 4.69) is 6.92 Å². The van der Waals surface area contributed by atoms with Gasteiger partial charge in [-0.3, -0.25) is 4.79 Å². The molecule has 2 rings (SSSR count). The maximum absolute atomic E-state index is 12.1. The van der Waals surface area contributed by atoms with E-state index in [1.54, 1.807) is 37.1 Å². The number of rotatable bonds is 3. The number of benzene rings is 1. The predicted molar refractivity (Wildman–Crippen MR) is 68.8 cm³/mol. The number of carbonyl (C=O) groups is 2. The topological polar surface area (TPSA) is 57.6 Å². The largest absolute Gasteiger partial charge is 0.478 e. The summed E-state index contributed by atoms with van der Waals surface area (Å²) in [5.41, 5.74) is 1.56. The second-order valence-corrected chi connectivity index (χ2v) is 4.97. The van der Waals surface area contributed by atoms with Crippen LogP contribution in [-0.4, -0.2) is 24.0 Å². The zero-order valence-electron chi connectivity index (χ0n) is 10.8. The van der Waals surface area contributed by atoms with Gasteiger partial charge in [-0.05, 0) is 37.0 Å². The van der Waals surface area contributed by atoms with Gasteiger partial charge in [0, 0.05) is 18.7 Å². The molecule has 4 nitrogen and oxygen atoms in total. The van der Waals surface area contributed by atoms with Gasteiger partial charge < -0.3 is 10.0 Å². The zero-order valence-corrected chi connectivity index (χ0v) is 10.8. The number of nitrogens with zero attached hydrogens (tertiary/aromatic N) is 1. The Morgan fingerprint density at radius 1 is 1.39 bits per heavy atom. The molecule has 1 saturated carbocycles. The van der Waals surface area contributed by atoms with E-state index in [1.165, 1.54) is 0 Å². The van der Waals surface area contributed by atoms with Gasteiger partial charge in [0.25, 0.3) is 0 Å². The van der Waals surface area contributed by atoms with E-state index in [-0.39, 0.29) is 17.4 Å². The van der Waals surface area contributed by atoms with Crippen LogP contribution in [0.25, 0.3) is 0 Å². The molecule has 1 aromatic rings. The van der Waals surface area contributed by atoms with E-state index in [0.717, 1.165) is 6.42 Å². The molecule has 2 atom stereocenters. The molecule has 4 heteroatoms. The van der Waals surface area contributed by atoms with Crippen molar-refractivity contribution in [1.29, 1.82) is 0 Å². The summed E-state index contributed by atoms with van der Waals surface area (Å²) in [4.78, 5) is 24.8. The SMILES string of the molecule is Cc1c(C(=O)O)cccc1N(C)C(=O)C1CC1C. The number of anilines is 1. The van der Waals surface area contributed by atoms with Gasteiger partial charge in [0.1, 0.15) is 0 Å². The molecule has 0 aliphatic heterocycles. The summed E-state index contributed by atoms with van der Waals surface area (Å²) in [6, 6.07) is 5.01. The van der Waals surface area contributed by atoms with Crippen molar-refractivity contribution in [3.05, 3.63) is 29.3 Å². The highest BCUT2D eigenvalue weighted by atomic mass is 16.4. The van der Waals surface area contributed by atoms with Crippen molar-refractivity contribution in [2.75, 3.05) is 11.9 Å². The fourth-order valence-corrected chi connectivity index (χ4v) is 2.25. The van der Waals surface area contributed by atoms with Crippen LogP contribution in [0.2, 0.25) is 0 Å². The van der Waals surface area contributed by atoms with E-state index in [1.807, 2.05) is 0 Å². The molecule has 0 bridgehead atoms. The molecule has 0 radical (unpaired) electrons. The number of carboxylic acids is 1. The van der Waals surface area contributed by atoms with Gasteiger partial charge in [-0.1, -0.05) is 13.0 Å². The van der Waals surface area contributed by atoms with Crippen LogP contribution in [-0.2, 0) is 4.79 Å². The quantitative estimate of drug-likeness (QED) is 0.891. The Labute approximate surface area is 106 Å². The van der Waals surface area contributed by atoms with Crippen molar-refractivity contribution in [2.45, 2.75) is 20.3 Å². The fraction of sp³-hybridized carbons (Fsp3) is 0.429. The Morgan fingerprint density at radius 2 is 2.00 bits per heavy atom. The third-order valence-electron chi connectivity index (χ3n) is 3.65. The molecular formula is C14H17NO3. The minimum atomic E-state index is -0.963. The maximum Gasteiger partial charge on any atom is 0.336 e. The average Bonchev–Trinajstić information content (AvgIpc) is 3.04. The Morgan fingerprint density at radius 3 is 2.50 bits per heavy atom. The average molecular weight is 247 g/mol. The van der Waals surface area contributed by atoms with Gasteiger partial charge in [-0.2, -0.15) is 0 Å². The van der Waals surface area contributed by atoms with Crippen molar-refractivity contribution in [3.63, 3.8) is 0 Å². The molecule has 2 unspecified atom stereocenters. The summed E-state index contributed by atoms with van der Waals surface area (Å²) >= 11 is 0. The second kappa shape index (κ2) is 4.44. The lowest BCUT2D eigenvalue weighted by Crippen LogP contribution is -2.29. The first-order valence-corrected chi connectivity index (χ1v) is 6.04. The van der Waals surface area contributed by atoms with E-state index < -0.39 is 5.97 Å². The van der Waals surface area contributed by atoms with Gasteiger partial charge in [0.2, 0.25) is 5.91 Å². The van der Waals surface area contributed by atoms with Crippen LogP contribution in [0.1, 0.15) is 29.3 Å². The molecule has 18 heavy (non-hydrogen) atoms. The minimum Gasteiger partial charge on any atom is -0.478 e. The fourth-order valence-electron chi connectivity index (χ4n) is 2.25. The summed E-state index contributed by atoms with van der Waals surface area (Å²) in [6.45, 7) is 3.79. The summed E-state index contributed by atoms with van der Waals surface area (Å²) in [6.07, 6.45) is 0.931. The Bertz CT molecular complexity index is 510. The normalized spacial score (nSPS) is 21.5. The second-order valence-electron chi connectivity index (χ2n) is 4.97. The molecule has 0 heterocycles. The van der Waals surface area contributed by atoms with Crippen LogP contribution in [0.4, 0.5) is 5.69 Å². The van der Waals surface area contributed by atoms with Crippen LogP contribution in [0.3, 0.4) is 0 Å². The molecule has 1 aliphatic carbocycles. The van der Waals surface area contributed by atoms with Crippen LogP contribution in [0.15, 0.2) is 18.2 Å². The lowest BCUT2D eigenvalue weighted by Gasteiger charge is -2.20. The summed E-state index contributed by atoms with van der Waals surface area (Å²) < 4.78 is 0. The van der Waals surface area contributed by atoms with Gasteiger partial charge in [-0.15, -0.1) is 0 Å². The van der Waals surface area contributed by atoms with E-state index >= 15 is 0 Å². The molecule has 1 fully saturated rings. The minimum absolute atomic E-state index is 0.0770. The van der Waals surface area contributed by atoms with Gasteiger partial charge >= 0.3 is 5.97 Å². The molecule has 0 saturated heterocycles. The number of carbonyl (C=O) groups excluding carboxylic acids is 1. The molecule has 0 spiro atoms. The summed E-state index contributed by atoms with van der Waals surface area (Å²) in [5.74, 6) is -0.339. The van der Waals surface area contributed by atoms with E-state index in [9.17, 15) is 9.59 Å². The first-order chi connectivity index (χ1) is 8.43. The first-order valence-electron chi connectivity index (χ1n) is 6.04. The number of amides is 1. The molecule has 1 aliphatic rings. The van der Waals surface area contributed by atoms with Crippen LogP contribution < -0.4 is 4.90 Å². The highest BCUT2D eigenvalue weighted by molar-refractivity contribution is 5.99. The number of carboxylic acid groups (broad SMARTS) is 1.